The summed E-state index contributed by atoms with van der Waals surface area (Å²) < 4.78 is 13.1. The highest BCUT2D eigenvalue weighted by Gasteiger charge is 2.20. The maximum Gasteiger partial charge on any atom is 0.220 e. The van der Waals surface area contributed by atoms with Gasteiger partial charge >= 0.3 is 0 Å². The summed E-state index contributed by atoms with van der Waals surface area (Å²) in [5, 5.41) is 7.17. The van der Waals surface area contributed by atoms with Crippen molar-refractivity contribution in [3.63, 3.8) is 0 Å². The van der Waals surface area contributed by atoms with E-state index in [0.29, 0.717) is 5.95 Å². The van der Waals surface area contributed by atoms with Crippen molar-refractivity contribution in [2.75, 3.05) is 12.3 Å². The van der Waals surface area contributed by atoms with Crippen LogP contribution in [0, 0.1) is 5.82 Å². The van der Waals surface area contributed by atoms with Crippen molar-refractivity contribution in [1.29, 1.82) is 0 Å². The van der Waals surface area contributed by atoms with Crippen molar-refractivity contribution in [1.82, 2.24) is 25.1 Å². The van der Waals surface area contributed by atoms with E-state index in [4.69, 9.17) is 5.73 Å². The summed E-state index contributed by atoms with van der Waals surface area (Å²) in [6.45, 7) is 2.44. The topological polar surface area (TPSA) is 83.7 Å². The van der Waals surface area contributed by atoms with Crippen molar-refractivity contribution in [3.8, 4) is 11.3 Å². The highest BCUT2D eigenvalue weighted by atomic mass is 19.1. The van der Waals surface area contributed by atoms with E-state index in [9.17, 15) is 4.39 Å². The Morgan fingerprint density at radius 1 is 1.21 bits per heavy atom. The highest BCUT2D eigenvalue weighted by molar-refractivity contribution is 5.62. The number of nitrogens with one attached hydrogen (secondary N) is 1. The third-order valence-corrected chi connectivity index (χ3v) is 4.28. The Hall–Kier alpha value is -2.80. The lowest BCUT2D eigenvalue weighted by Crippen LogP contribution is -2.31. The zero-order valence-electron chi connectivity index (χ0n) is 13.0. The van der Waals surface area contributed by atoms with Crippen molar-refractivity contribution < 1.29 is 4.39 Å². The number of benzene rings is 1. The molecule has 1 aliphatic heterocycles. The monoisotopic (exact) mass is 324 g/mol. The Balaban J connectivity index is 1.54. The number of hydrogen-bond acceptors (Lipinski definition) is 5. The molecule has 0 saturated carbocycles. The third-order valence-electron chi connectivity index (χ3n) is 4.28. The van der Waals surface area contributed by atoms with Crippen LogP contribution >= 0.6 is 0 Å². The number of nitrogens with two attached hydrogens (primary N) is 1. The second-order valence-electron chi connectivity index (χ2n) is 5.94. The first-order valence-corrected chi connectivity index (χ1v) is 7.80. The Morgan fingerprint density at radius 2 is 2.04 bits per heavy atom. The molecular weight excluding hydrogens is 307 g/mol. The second-order valence-corrected chi connectivity index (χ2v) is 5.94. The van der Waals surface area contributed by atoms with Crippen LogP contribution in [0.2, 0.25) is 0 Å². The molecule has 1 aromatic carbocycles. The average Bonchev–Trinajstić information content (AvgIpc) is 3.04. The molecule has 3 aromatic rings. The normalized spacial score (nSPS) is 14.5. The number of hydrogen-bond donors (Lipinski definition) is 2. The first kappa shape index (κ1) is 14.8. The molecule has 0 unspecified atom stereocenters. The third kappa shape index (κ3) is 2.85. The van der Waals surface area contributed by atoms with Gasteiger partial charge in [-0.15, -0.1) is 0 Å². The molecule has 24 heavy (non-hydrogen) atoms. The molecule has 0 saturated heterocycles. The minimum Gasteiger partial charge on any atom is -0.368 e. The van der Waals surface area contributed by atoms with Gasteiger partial charge in [0, 0.05) is 48.9 Å². The maximum absolute atomic E-state index is 13.1. The number of anilines is 1. The molecule has 3 N–H and O–H groups in total. The van der Waals surface area contributed by atoms with Gasteiger partial charge in [-0.2, -0.15) is 5.10 Å². The molecule has 0 amide bonds. The van der Waals surface area contributed by atoms with Crippen LogP contribution in [0.4, 0.5) is 10.3 Å². The molecule has 0 aliphatic carbocycles. The van der Waals surface area contributed by atoms with Gasteiger partial charge in [-0.25, -0.2) is 14.4 Å². The minimum absolute atomic E-state index is 0.244. The number of aromatic amines is 1. The fourth-order valence-electron chi connectivity index (χ4n) is 3.06. The molecule has 0 spiro atoms. The van der Waals surface area contributed by atoms with Gasteiger partial charge in [-0.05, 0) is 24.3 Å². The predicted octanol–water partition coefficient (Wildman–Crippen LogP) is 2.15. The SMILES string of the molecule is Nc1ncc2c(n1)CCN(Cc1cn[nH]c1-c1ccc(F)cc1)C2. The van der Waals surface area contributed by atoms with Gasteiger partial charge in [0.15, 0.2) is 0 Å². The molecule has 2 aromatic heterocycles. The van der Waals surface area contributed by atoms with Crippen LogP contribution in [0.5, 0.6) is 0 Å². The lowest BCUT2D eigenvalue weighted by Gasteiger charge is -2.27. The number of fused-ring (bicyclic) bond motifs is 1. The van der Waals surface area contributed by atoms with E-state index in [1.807, 2.05) is 6.20 Å². The number of aromatic nitrogens is 4. The van der Waals surface area contributed by atoms with Crippen LogP contribution in [-0.4, -0.2) is 31.6 Å². The number of H-pyrrole nitrogens is 1. The van der Waals surface area contributed by atoms with Crippen LogP contribution in [0.25, 0.3) is 11.3 Å². The van der Waals surface area contributed by atoms with E-state index in [2.05, 4.69) is 25.1 Å². The number of nitrogen functional groups attached to an aromatic ring is 1. The number of nitrogens with zero attached hydrogens (tertiary/aromatic N) is 4. The molecule has 6 nitrogen and oxygen atoms in total. The molecule has 0 bridgehead atoms. The zero-order valence-corrected chi connectivity index (χ0v) is 13.0. The molecule has 122 valence electrons. The summed E-state index contributed by atoms with van der Waals surface area (Å²) >= 11 is 0. The van der Waals surface area contributed by atoms with E-state index >= 15 is 0 Å². The van der Waals surface area contributed by atoms with Gasteiger partial charge < -0.3 is 5.73 Å². The summed E-state index contributed by atoms with van der Waals surface area (Å²) in [4.78, 5) is 10.7. The van der Waals surface area contributed by atoms with Crippen LogP contribution in [0.15, 0.2) is 36.7 Å². The van der Waals surface area contributed by atoms with Gasteiger partial charge in [0.05, 0.1) is 17.6 Å². The Kier molecular flexibility index (Phi) is 3.70. The predicted molar refractivity (Wildman–Crippen MR) is 88.2 cm³/mol. The molecule has 0 radical (unpaired) electrons. The van der Waals surface area contributed by atoms with E-state index < -0.39 is 0 Å². The molecule has 0 fully saturated rings. The van der Waals surface area contributed by atoms with Gasteiger partial charge in [0.25, 0.3) is 0 Å². The van der Waals surface area contributed by atoms with E-state index in [1.54, 1.807) is 18.3 Å². The van der Waals surface area contributed by atoms with E-state index in [0.717, 1.165) is 54.1 Å². The zero-order chi connectivity index (χ0) is 16.5. The fourth-order valence-corrected chi connectivity index (χ4v) is 3.06. The summed E-state index contributed by atoms with van der Waals surface area (Å²) in [6, 6.07) is 6.43. The highest BCUT2D eigenvalue weighted by Crippen LogP contribution is 2.25. The van der Waals surface area contributed by atoms with E-state index in [-0.39, 0.29) is 5.82 Å². The molecule has 4 rings (SSSR count). The molecule has 7 heteroatoms. The summed E-state index contributed by atoms with van der Waals surface area (Å²) in [7, 11) is 0. The van der Waals surface area contributed by atoms with Crippen molar-refractivity contribution in [2.45, 2.75) is 19.5 Å². The average molecular weight is 324 g/mol. The Morgan fingerprint density at radius 3 is 2.88 bits per heavy atom. The minimum atomic E-state index is -0.244. The molecular formula is C17H17FN6. The van der Waals surface area contributed by atoms with Gasteiger partial charge in [-0.1, -0.05) is 0 Å². The van der Waals surface area contributed by atoms with Crippen LogP contribution < -0.4 is 5.73 Å². The first-order chi connectivity index (χ1) is 11.7. The molecule has 0 atom stereocenters. The second kappa shape index (κ2) is 6.01. The number of rotatable bonds is 3. The fraction of sp³-hybridized carbons (Fsp3) is 0.235. The summed E-state index contributed by atoms with van der Waals surface area (Å²) in [5.74, 6) is 0.0855. The largest absolute Gasteiger partial charge is 0.368 e. The first-order valence-electron chi connectivity index (χ1n) is 7.80. The molecule has 1 aliphatic rings. The smallest absolute Gasteiger partial charge is 0.220 e. The van der Waals surface area contributed by atoms with Crippen LogP contribution in [-0.2, 0) is 19.5 Å². The Bertz CT molecular complexity index is 858. The maximum atomic E-state index is 13.1. The molecule has 3 heterocycles. The quantitative estimate of drug-likeness (QED) is 0.771. The van der Waals surface area contributed by atoms with Gasteiger partial charge in [0.1, 0.15) is 5.82 Å². The lowest BCUT2D eigenvalue weighted by atomic mass is 10.0. The lowest BCUT2D eigenvalue weighted by molar-refractivity contribution is 0.243. The van der Waals surface area contributed by atoms with Crippen molar-refractivity contribution in [3.05, 3.63) is 59.3 Å². The number of halogens is 1. The standard InChI is InChI=1S/C17H17FN6/c18-14-3-1-11(2-4-14)16-13(8-21-23-16)10-24-6-5-15-12(9-24)7-20-17(19)22-15/h1-4,7-8H,5-6,9-10H2,(H,21,23)(H2,19,20,22). The van der Waals surface area contributed by atoms with Gasteiger partial charge in [-0.3, -0.25) is 10.00 Å². The van der Waals surface area contributed by atoms with Crippen LogP contribution in [0.3, 0.4) is 0 Å². The van der Waals surface area contributed by atoms with E-state index in [1.165, 1.54) is 12.1 Å². The van der Waals surface area contributed by atoms with Gasteiger partial charge in [0.2, 0.25) is 5.95 Å². The van der Waals surface area contributed by atoms with Crippen molar-refractivity contribution in [2.24, 2.45) is 0 Å². The summed E-state index contributed by atoms with van der Waals surface area (Å²) in [6.07, 6.45) is 4.49. The van der Waals surface area contributed by atoms with Crippen LogP contribution in [0.1, 0.15) is 16.8 Å². The summed E-state index contributed by atoms with van der Waals surface area (Å²) in [5.41, 5.74) is 10.7. The van der Waals surface area contributed by atoms with Crippen molar-refractivity contribution >= 4 is 5.95 Å². The Labute approximate surface area is 138 Å².